The SMILES string of the molecule is O=C(COc1cccc(Cl)c1Cl)Nc1ccccc1N1CCCC1=O. The van der Waals surface area contributed by atoms with E-state index in [1.807, 2.05) is 12.1 Å². The molecule has 5 nitrogen and oxygen atoms in total. The summed E-state index contributed by atoms with van der Waals surface area (Å²) in [5, 5.41) is 3.40. The first-order chi connectivity index (χ1) is 12.1. The summed E-state index contributed by atoms with van der Waals surface area (Å²) in [6, 6.07) is 12.2. The van der Waals surface area contributed by atoms with Gasteiger partial charge in [0.25, 0.3) is 5.91 Å². The van der Waals surface area contributed by atoms with Crippen LogP contribution in [0.15, 0.2) is 42.5 Å². The Morgan fingerprint density at radius 2 is 1.96 bits per heavy atom. The molecule has 3 rings (SSSR count). The van der Waals surface area contributed by atoms with Gasteiger partial charge in [0.2, 0.25) is 5.91 Å². The van der Waals surface area contributed by atoms with Crippen molar-refractivity contribution in [1.29, 1.82) is 0 Å². The monoisotopic (exact) mass is 378 g/mol. The molecule has 0 bridgehead atoms. The highest BCUT2D eigenvalue weighted by Gasteiger charge is 2.24. The third-order valence-electron chi connectivity index (χ3n) is 3.82. The number of ether oxygens (including phenoxy) is 1. The molecule has 25 heavy (non-hydrogen) atoms. The number of anilines is 2. The molecule has 1 aliphatic rings. The number of nitrogens with zero attached hydrogens (tertiary/aromatic N) is 1. The standard InChI is InChI=1S/C18H16Cl2N2O3/c19-12-5-3-8-15(18(12)20)25-11-16(23)21-13-6-1-2-7-14(13)22-10-4-9-17(22)24/h1-3,5-8H,4,9-11H2,(H,21,23). The second-order valence-electron chi connectivity index (χ2n) is 5.55. The maximum absolute atomic E-state index is 12.2. The minimum atomic E-state index is -0.352. The summed E-state index contributed by atoms with van der Waals surface area (Å²) < 4.78 is 5.43. The van der Waals surface area contributed by atoms with Crippen molar-refractivity contribution in [3.8, 4) is 5.75 Å². The van der Waals surface area contributed by atoms with Crippen molar-refractivity contribution >= 4 is 46.4 Å². The molecule has 2 aromatic carbocycles. The fraction of sp³-hybridized carbons (Fsp3) is 0.222. The molecule has 0 atom stereocenters. The van der Waals surface area contributed by atoms with E-state index in [1.165, 1.54) is 0 Å². The Labute approximate surface area is 155 Å². The van der Waals surface area contributed by atoms with Crippen molar-refractivity contribution in [2.45, 2.75) is 12.8 Å². The molecule has 0 radical (unpaired) electrons. The number of hydrogen-bond acceptors (Lipinski definition) is 3. The van der Waals surface area contributed by atoms with E-state index < -0.39 is 0 Å². The fourth-order valence-corrected chi connectivity index (χ4v) is 2.99. The van der Waals surface area contributed by atoms with Gasteiger partial charge in [0.05, 0.1) is 16.4 Å². The molecular weight excluding hydrogens is 363 g/mol. The molecule has 1 aliphatic heterocycles. The molecule has 1 fully saturated rings. The van der Waals surface area contributed by atoms with Crippen molar-refractivity contribution < 1.29 is 14.3 Å². The Balaban J connectivity index is 1.67. The molecule has 0 saturated carbocycles. The summed E-state index contributed by atoms with van der Waals surface area (Å²) in [4.78, 5) is 25.9. The first-order valence-corrected chi connectivity index (χ1v) is 8.58. The molecule has 0 unspecified atom stereocenters. The first-order valence-electron chi connectivity index (χ1n) is 7.82. The van der Waals surface area contributed by atoms with Crippen LogP contribution in [0.1, 0.15) is 12.8 Å². The maximum atomic E-state index is 12.2. The minimum absolute atomic E-state index is 0.0589. The van der Waals surface area contributed by atoms with Gasteiger partial charge in [-0.05, 0) is 30.7 Å². The Bertz CT molecular complexity index is 811. The summed E-state index contributed by atoms with van der Waals surface area (Å²) >= 11 is 11.9. The molecule has 7 heteroatoms. The lowest BCUT2D eigenvalue weighted by atomic mass is 10.2. The maximum Gasteiger partial charge on any atom is 0.262 e. The van der Waals surface area contributed by atoms with Crippen LogP contribution in [0.5, 0.6) is 5.75 Å². The number of rotatable bonds is 5. The van der Waals surface area contributed by atoms with Gasteiger partial charge < -0.3 is 15.0 Å². The highest BCUT2D eigenvalue weighted by Crippen LogP contribution is 2.32. The molecular formula is C18H16Cl2N2O3. The number of amides is 2. The number of hydrogen-bond donors (Lipinski definition) is 1. The van der Waals surface area contributed by atoms with Gasteiger partial charge in [-0.2, -0.15) is 0 Å². The van der Waals surface area contributed by atoms with Crippen LogP contribution < -0.4 is 15.0 Å². The van der Waals surface area contributed by atoms with E-state index in [2.05, 4.69) is 5.32 Å². The minimum Gasteiger partial charge on any atom is -0.482 e. The Kier molecular flexibility index (Phi) is 5.46. The highest BCUT2D eigenvalue weighted by atomic mass is 35.5. The largest absolute Gasteiger partial charge is 0.482 e. The predicted octanol–water partition coefficient (Wildman–Crippen LogP) is 4.14. The zero-order valence-electron chi connectivity index (χ0n) is 13.3. The fourth-order valence-electron chi connectivity index (χ4n) is 2.64. The lowest BCUT2D eigenvalue weighted by Crippen LogP contribution is -2.26. The number of benzene rings is 2. The molecule has 0 aromatic heterocycles. The van der Waals surface area contributed by atoms with Crippen molar-refractivity contribution in [3.05, 3.63) is 52.5 Å². The quantitative estimate of drug-likeness (QED) is 0.850. The zero-order chi connectivity index (χ0) is 17.8. The van der Waals surface area contributed by atoms with E-state index in [0.717, 1.165) is 6.42 Å². The van der Waals surface area contributed by atoms with Gasteiger partial charge in [0.15, 0.2) is 6.61 Å². The second kappa shape index (κ2) is 7.76. The van der Waals surface area contributed by atoms with Crippen LogP contribution >= 0.6 is 23.2 Å². The molecule has 1 N–H and O–H groups in total. The van der Waals surface area contributed by atoms with Gasteiger partial charge >= 0.3 is 0 Å². The molecule has 130 valence electrons. The molecule has 0 aliphatic carbocycles. The van der Waals surface area contributed by atoms with E-state index in [9.17, 15) is 9.59 Å². The lowest BCUT2D eigenvalue weighted by Gasteiger charge is -2.20. The van der Waals surface area contributed by atoms with Crippen LogP contribution in [0.2, 0.25) is 10.0 Å². The third kappa shape index (κ3) is 4.06. The summed E-state index contributed by atoms with van der Waals surface area (Å²) in [7, 11) is 0. The smallest absolute Gasteiger partial charge is 0.262 e. The third-order valence-corrected chi connectivity index (χ3v) is 4.62. The van der Waals surface area contributed by atoms with Crippen molar-refractivity contribution in [1.82, 2.24) is 0 Å². The van der Waals surface area contributed by atoms with Gasteiger partial charge in [-0.1, -0.05) is 41.4 Å². The van der Waals surface area contributed by atoms with Gasteiger partial charge in [0, 0.05) is 13.0 Å². The topological polar surface area (TPSA) is 58.6 Å². The van der Waals surface area contributed by atoms with Gasteiger partial charge in [0.1, 0.15) is 10.8 Å². The van der Waals surface area contributed by atoms with Crippen molar-refractivity contribution in [2.75, 3.05) is 23.4 Å². The second-order valence-corrected chi connectivity index (χ2v) is 6.34. The summed E-state index contributed by atoms with van der Waals surface area (Å²) in [6.45, 7) is 0.433. The summed E-state index contributed by atoms with van der Waals surface area (Å²) in [6.07, 6.45) is 1.34. The Morgan fingerprint density at radius 3 is 2.72 bits per heavy atom. The molecule has 0 spiro atoms. The van der Waals surface area contributed by atoms with E-state index in [0.29, 0.717) is 35.1 Å². The molecule has 2 aromatic rings. The number of para-hydroxylation sites is 2. The van der Waals surface area contributed by atoms with E-state index >= 15 is 0 Å². The molecule has 2 amide bonds. The summed E-state index contributed by atoms with van der Waals surface area (Å²) in [5.74, 6) is 0.0473. The van der Waals surface area contributed by atoms with Crippen LogP contribution in [-0.2, 0) is 9.59 Å². The Hall–Kier alpha value is -2.24. The van der Waals surface area contributed by atoms with E-state index in [4.69, 9.17) is 27.9 Å². The normalized spacial score (nSPS) is 13.8. The molecule has 1 saturated heterocycles. The number of halogens is 2. The average molecular weight is 379 g/mol. The summed E-state index contributed by atoms with van der Waals surface area (Å²) in [5.41, 5.74) is 1.27. The lowest BCUT2D eigenvalue weighted by molar-refractivity contribution is -0.118. The highest BCUT2D eigenvalue weighted by molar-refractivity contribution is 6.42. The van der Waals surface area contributed by atoms with Gasteiger partial charge in [-0.15, -0.1) is 0 Å². The zero-order valence-corrected chi connectivity index (χ0v) is 14.8. The van der Waals surface area contributed by atoms with E-state index in [1.54, 1.807) is 35.2 Å². The number of carbonyl (C=O) groups is 2. The van der Waals surface area contributed by atoms with E-state index in [-0.39, 0.29) is 23.4 Å². The van der Waals surface area contributed by atoms with Crippen LogP contribution in [0.4, 0.5) is 11.4 Å². The van der Waals surface area contributed by atoms with Gasteiger partial charge in [-0.25, -0.2) is 0 Å². The predicted molar refractivity (Wildman–Crippen MR) is 98.6 cm³/mol. The number of carbonyl (C=O) groups excluding carboxylic acids is 2. The van der Waals surface area contributed by atoms with Crippen LogP contribution in [-0.4, -0.2) is 25.0 Å². The van der Waals surface area contributed by atoms with Crippen LogP contribution in [0.3, 0.4) is 0 Å². The Morgan fingerprint density at radius 1 is 1.16 bits per heavy atom. The van der Waals surface area contributed by atoms with Gasteiger partial charge in [-0.3, -0.25) is 9.59 Å². The molecule has 1 heterocycles. The number of nitrogens with one attached hydrogen (secondary N) is 1. The first kappa shape index (κ1) is 17.6. The van der Waals surface area contributed by atoms with Crippen molar-refractivity contribution in [2.24, 2.45) is 0 Å². The van der Waals surface area contributed by atoms with Crippen LogP contribution in [0, 0.1) is 0 Å². The average Bonchev–Trinajstić information content (AvgIpc) is 3.02. The van der Waals surface area contributed by atoms with Crippen molar-refractivity contribution in [3.63, 3.8) is 0 Å². The van der Waals surface area contributed by atoms with Crippen LogP contribution in [0.25, 0.3) is 0 Å².